The lowest BCUT2D eigenvalue weighted by Crippen LogP contribution is -2.49. The summed E-state index contributed by atoms with van der Waals surface area (Å²) in [6.07, 6.45) is 9.18. The molecule has 0 aromatic rings. The summed E-state index contributed by atoms with van der Waals surface area (Å²) in [5.41, 5.74) is -0.567. The quantitative estimate of drug-likeness (QED) is 0.833. The summed E-state index contributed by atoms with van der Waals surface area (Å²) < 4.78 is 13.4. The van der Waals surface area contributed by atoms with Crippen molar-refractivity contribution in [1.82, 2.24) is 9.62 Å². The molecule has 1 amide bonds. The van der Waals surface area contributed by atoms with Gasteiger partial charge in [-0.1, -0.05) is 19.3 Å². The summed E-state index contributed by atoms with van der Waals surface area (Å²) in [6, 6.07) is 0. The van der Waals surface area contributed by atoms with E-state index in [9.17, 15) is 9.00 Å². The maximum Gasteiger partial charge on any atom is 0.253 e. The zero-order valence-electron chi connectivity index (χ0n) is 12.1. The van der Waals surface area contributed by atoms with Crippen LogP contribution in [0.15, 0.2) is 4.99 Å². The van der Waals surface area contributed by atoms with Crippen LogP contribution in [0.2, 0.25) is 0 Å². The molecule has 5 nitrogen and oxygen atoms in total. The second-order valence-corrected chi connectivity index (χ2v) is 7.53. The number of rotatable bonds is 2. The van der Waals surface area contributed by atoms with Crippen LogP contribution in [0.3, 0.4) is 0 Å². The Labute approximate surface area is 122 Å². The fourth-order valence-electron chi connectivity index (χ4n) is 3.56. The first-order valence-electron chi connectivity index (χ1n) is 7.60. The highest BCUT2D eigenvalue weighted by Gasteiger charge is 2.47. The molecule has 2 aliphatic heterocycles. The van der Waals surface area contributed by atoms with E-state index >= 15 is 0 Å². The molecule has 3 aliphatic rings. The second-order valence-electron chi connectivity index (χ2n) is 6.17. The molecule has 2 fully saturated rings. The first-order valence-corrected chi connectivity index (χ1v) is 9.12. The maximum absolute atomic E-state index is 12.4. The van der Waals surface area contributed by atoms with Crippen molar-refractivity contribution in [1.29, 1.82) is 0 Å². The first-order chi connectivity index (χ1) is 9.61. The van der Waals surface area contributed by atoms with Crippen LogP contribution in [-0.4, -0.2) is 45.1 Å². The summed E-state index contributed by atoms with van der Waals surface area (Å²) in [5, 5.41) is 3.04. The van der Waals surface area contributed by atoms with Crippen molar-refractivity contribution in [2.75, 3.05) is 19.3 Å². The van der Waals surface area contributed by atoms with Crippen molar-refractivity contribution >= 4 is 22.7 Å². The van der Waals surface area contributed by atoms with Crippen molar-refractivity contribution < 1.29 is 9.00 Å². The minimum Gasteiger partial charge on any atom is -0.312 e. The third kappa shape index (κ3) is 2.55. The van der Waals surface area contributed by atoms with Crippen LogP contribution in [0.4, 0.5) is 0 Å². The van der Waals surface area contributed by atoms with Gasteiger partial charge in [0.1, 0.15) is 11.4 Å². The molecule has 1 saturated carbocycles. The number of hydrogen-bond acceptors (Lipinski definition) is 3. The Hall–Kier alpha value is -0.750. The van der Waals surface area contributed by atoms with Gasteiger partial charge in [0, 0.05) is 25.3 Å². The Morgan fingerprint density at radius 1 is 1.25 bits per heavy atom. The van der Waals surface area contributed by atoms with Gasteiger partial charge in [-0.2, -0.15) is 0 Å². The summed E-state index contributed by atoms with van der Waals surface area (Å²) in [5.74, 6) is 1.45. The van der Waals surface area contributed by atoms with E-state index in [1.54, 1.807) is 6.26 Å². The van der Waals surface area contributed by atoms with Gasteiger partial charge >= 0.3 is 0 Å². The van der Waals surface area contributed by atoms with Crippen LogP contribution < -0.4 is 5.32 Å². The Morgan fingerprint density at radius 3 is 2.50 bits per heavy atom. The fraction of sp³-hybridized carbons (Fsp3) is 0.857. The van der Waals surface area contributed by atoms with Crippen molar-refractivity contribution in [2.24, 2.45) is 10.9 Å². The topological polar surface area (TPSA) is 61.8 Å². The predicted octanol–water partition coefficient (Wildman–Crippen LogP) is 1.22. The monoisotopic (exact) mass is 297 g/mol. The molecule has 0 aromatic heterocycles. The molecular weight excluding hydrogens is 274 g/mol. The van der Waals surface area contributed by atoms with Gasteiger partial charge in [0.25, 0.3) is 5.91 Å². The Kier molecular flexibility index (Phi) is 3.95. The number of aliphatic imine (C=N–C) groups is 1. The lowest BCUT2D eigenvalue weighted by Gasteiger charge is -2.33. The Bertz CT molecular complexity index is 449. The van der Waals surface area contributed by atoms with E-state index in [-0.39, 0.29) is 5.91 Å². The van der Waals surface area contributed by atoms with Crippen LogP contribution in [0.1, 0.15) is 44.9 Å². The zero-order chi connectivity index (χ0) is 14.2. The molecule has 20 heavy (non-hydrogen) atoms. The van der Waals surface area contributed by atoms with E-state index in [1.165, 1.54) is 19.3 Å². The van der Waals surface area contributed by atoms with E-state index in [0.717, 1.165) is 18.7 Å². The second kappa shape index (κ2) is 5.56. The SMILES string of the molecule is CS(=O)N1CCC2(CC1)N=C(C1CCCCC1)NC2=O. The number of carbonyl (C=O) groups excluding carboxylic acids is 1. The van der Waals surface area contributed by atoms with E-state index in [1.807, 2.05) is 4.31 Å². The van der Waals surface area contributed by atoms with Crippen LogP contribution in [0.25, 0.3) is 0 Å². The number of nitrogens with zero attached hydrogens (tertiary/aromatic N) is 2. The van der Waals surface area contributed by atoms with E-state index < -0.39 is 16.5 Å². The van der Waals surface area contributed by atoms with E-state index in [0.29, 0.717) is 31.8 Å². The molecular formula is C14H23N3O2S. The van der Waals surface area contributed by atoms with Gasteiger partial charge < -0.3 is 5.32 Å². The van der Waals surface area contributed by atoms with Crippen LogP contribution in [-0.2, 0) is 15.8 Å². The molecule has 1 saturated heterocycles. The predicted molar refractivity (Wildman–Crippen MR) is 79.8 cm³/mol. The third-order valence-electron chi connectivity index (χ3n) is 4.90. The molecule has 1 spiro atoms. The summed E-state index contributed by atoms with van der Waals surface area (Å²) in [6.45, 7) is 1.38. The lowest BCUT2D eigenvalue weighted by molar-refractivity contribution is -0.124. The average molecular weight is 297 g/mol. The smallest absolute Gasteiger partial charge is 0.253 e. The third-order valence-corrected chi connectivity index (χ3v) is 6.00. The van der Waals surface area contributed by atoms with E-state index in [2.05, 4.69) is 5.32 Å². The number of carbonyl (C=O) groups is 1. The first kappa shape index (κ1) is 14.2. The molecule has 1 N–H and O–H groups in total. The largest absolute Gasteiger partial charge is 0.312 e. The minimum absolute atomic E-state index is 0.0691. The van der Waals surface area contributed by atoms with Crippen molar-refractivity contribution in [3.8, 4) is 0 Å². The number of piperidine rings is 1. The number of amides is 1. The van der Waals surface area contributed by atoms with Gasteiger partial charge in [0.05, 0.1) is 11.0 Å². The molecule has 2 heterocycles. The maximum atomic E-state index is 12.4. The van der Waals surface area contributed by atoms with Crippen molar-refractivity contribution in [3.05, 3.63) is 0 Å². The standard InChI is InChI=1S/C14H23N3O2S/c1-20(19)17-9-7-14(8-10-17)13(18)15-12(16-14)11-5-3-2-4-6-11/h11H,2-10H2,1H3,(H,15,16,18). The molecule has 1 unspecified atom stereocenters. The fourth-order valence-corrected chi connectivity index (χ4v) is 4.26. The zero-order valence-corrected chi connectivity index (χ0v) is 12.9. The summed E-state index contributed by atoms with van der Waals surface area (Å²) >= 11 is 0. The summed E-state index contributed by atoms with van der Waals surface area (Å²) in [4.78, 5) is 17.2. The summed E-state index contributed by atoms with van der Waals surface area (Å²) in [7, 11) is -0.940. The molecule has 112 valence electrons. The molecule has 0 radical (unpaired) electrons. The molecule has 1 atom stereocenters. The number of amidine groups is 1. The molecule has 3 rings (SSSR count). The van der Waals surface area contributed by atoms with Gasteiger partial charge in [-0.05, 0) is 25.7 Å². The Morgan fingerprint density at radius 2 is 1.90 bits per heavy atom. The highest BCUT2D eigenvalue weighted by molar-refractivity contribution is 7.81. The highest BCUT2D eigenvalue weighted by Crippen LogP contribution is 2.34. The van der Waals surface area contributed by atoms with Gasteiger partial charge in [0.2, 0.25) is 0 Å². The van der Waals surface area contributed by atoms with Crippen molar-refractivity contribution in [2.45, 2.75) is 50.5 Å². The van der Waals surface area contributed by atoms with Crippen LogP contribution in [0, 0.1) is 5.92 Å². The highest BCUT2D eigenvalue weighted by atomic mass is 32.2. The molecule has 1 aliphatic carbocycles. The van der Waals surface area contributed by atoms with Gasteiger partial charge in [-0.15, -0.1) is 0 Å². The number of nitrogens with one attached hydrogen (secondary N) is 1. The van der Waals surface area contributed by atoms with Gasteiger partial charge in [-0.3, -0.25) is 9.79 Å². The minimum atomic E-state index is -0.940. The van der Waals surface area contributed by atoms with Gasteiger partial charge in [-0.25, -0.2) is 8.51 Å². The molecule has 6 heteroatoms. The Balaban J connectivity index is 1.72. The van der Waals surface area contributed by atoms with E-state index in [4.69, 9.17) is 4.99 Å². The average Bonchev–Trinajstić information content (AvgIpc) is 2.78. The molecule has 0 bridgehead atoms. The van der Waals surface area contributed by atoms with Crippen molar-refractivity contribution in [3.63, 3.8) is 0 Å². The number of hydrogen-bond donors (Lipinski definition) is 1. The molecule has 0 aromatic carbocycles. The van der Waals surface area contributed by atoms with Gasteiger partial charge in [0.15, 0.2) is 0 Å². The lowest BCUT2D eigenvalue weighted by atomic mass is 9.88. The van der Waals surface area contributed by atoms with Crippen LogP contribution >= 0.6 is 0 Å². The van der Waals surface area contributed by atoms with Crippen LogP contribution in [0.5, 0.6) is 0 Å². The normalized spacial score (nSPS) is 29.2.